The maximum atomic E-state index is 12.5. The third-order valence-electron chi connectivity index (χ3n) is 4.16. The highest BCUT2D eigenvalue weighted by molar-refractivity contribution is 7.91. The standard InChI is InChI=1S/C16H23NO6S/c1-22-15-4-3-12(9-16(15)23-2)14(19)10-17(6-7-18)13-5-8-24(20,21)11-13/h3-4,9,13,18H,5-8,10-11H2,1-2H3/t13-/m1/s1. The van der Waals surface area contributed by atoms with Crippen LogP contribution in [-0.2, 0) is 9.84 Å². The first-order valence-corrected chi connectivity index (χ1v) is 9.53. The van der Waals surface area contributed by atoms with Gasteiger partial charge in [-0.25, -0.2) is 8.42 Å². The molecule has 8 heteroatoms. The Morgan fingerprint density at radius 2 is 2.00 bits per heavy atom. The van der Waals surface area contributed by atoms with E-state index in [-0.39, 0.29) is 43.0 Å². The topological polar surface area (TPSA) is 93.1 Å². The van der Waals surface area contributed by atoms with Gasteiger partial charge in [0.05, 0.1) is 38.9 Å². The largest absolute Gasteiger partial charge is 0.493 e. The average Bonchev–Trinajstić information content (AvgIpc) is 2.93. The summed E-state index contributed by atoms with van der Waals surface area (Å²) in [5, 5.41) is 9.22. The molecule has 1 aromatic rings. The Morgan fingerprint density at radius 1 is 1.29 bits per heavy atom. The van der Waals surface area contributed by atoms with Crippen molar-refractivity contribution < 1.29 is 27.8 Å². The van der Waals surface area contributed by atoms with Gasteiger partial charge in [-0.05, 0) is 24.6 Å². The fourth-order valence-electron chi connectivity index (χ4n) is 2.87. The molecule has 0 aromatic heterocycles. The molecule has 7 nitrogen and oxygen atoms in total. The highest BCUT2D eigenvalue weighted by atomic mass is 32.2. The fourth-order valence-corrected chi connectivity index (χ4v) is 4.63. The second-order valence-corrected chi connectivity index (χ2v) is 7.97. The van der Waals surface area contributed by atoms with Crippen LogP contribution in [0.3, 0.4) is 0 Å². The number of Topliss-reactive ketones (excluding diaryl/α,β-unsaturated/α-hetero) is 1. The molecule has 1 aliphatic rings. The summed E-state index contributed by atoms with van der Waals surface area (Å²) in [6, 6.07) is 4.67. The van der Waals surface area contributed by atoms with Crippen molar-refractivity contribution in [3.63, 3.8) is 0 Å². The Labute approximate surface area is 142 Å². The van der Waals surface area contributed by atoms with E-state index >= 15 is 0 Å². The van der Waals surface area contributed by atoms with Gasteiger partial charge in [-0.1, -0.05) is 0 Å². The lowest BCUT2D eigenvalue weighted by molar-refractivity contribution is 0.0874. The summed E-state index contributed by atoms with van der Waals surface area (Å²) in [7, 11) is -0.0397. The van der Waals surface area contributed by atoms with Gasteiger partial charge in [0.15, 0.2) is 27.1 Å². The molecular formula is C16H23NO6S. The minimum atomic E-state index is -3.05. The van der Waals surface area contributed by atoms with Crippen molar-refractivity contribution in [2.45, 2.75) is 12.5 Å². The Morgan fingerprint density at radius 3 is 2.54 bits per heavy atom. The van der Waals surface area contributed by atoms with E-state index in [4.69, 9.17) is 9.47 Å². The predicted octanol–water partition coefficient (Wildman–Crippen LogP) is 0.368. The van der Waals surface area contributed by atoms with E-state index in [1.54, 1.807) is 23.1 Å². The van der Waals surface area contributed by atoms with E-state index < -0.39 is 9.84 Å². The molecule has 0 aliphatic carbocycles. The molecule has 0 amide bonds. The molecule has 1 saturated heterocycles. The van der Waals surface area contributed by atoms with Crippen molar-refractivity contribution in [3.05, 3.63) is 23.8 Å². The molecule has 0 saturated carbocycles. The van der Waals surface area contributed by atoms with E-state index in [2.05, 4.69) is 0 Å². The van der Waals surface area contributed by atoms with Crippen molar-refractivity contribution in [1.29, 1.82) is 0 Å². The average molecular weight is 357 g/mol. The maximum absolute atomic E-state index is 12.5. The monoisotopic (exact) mass is 357 g/mol. The number of carbonyl (C=O) groups excluding carboxylic acids is 1. The number of methoxy groups -OCH3 is 2. The molecule has 1 N–H and O–H groups in total. The van der Waals surface area contributed by atoms with Crippen LogP contribution in [0.4, 0.5) is 0 Å². The lowest BCUT2D eigenvalue weighted by Crippen LogP contribution is -2.41. The van der Waals surface area contributed by atoms with Gasteiger partial charge < -0.3 is 14.6 Å². The molecule has 0 unspecified atom stereocenters. The van der Waals surface area contributed by atoms with E-state index in [1.807, 2.05) is 0 Å². The van der Waals surface area contributed by atoms with Crippen LogP contribution in [0, 0.1) is 0 Å². The van der Waals surface area contributed by atoms with Gasteiger partial charge in [-0.2, -0.15) is 0 Å². The Balaban J connectivity index is 2.13. The van der Waals surface area contributed by atoms with Gasteiger partial charge in [0.1, 0.15) is 0 Å². The van der Waals surface area contributed by atoms with Crippen LogP contribution in [0.1, 0.15) is 16.8 Å². The normalized spacial score (nSPS) is 19.4. The van der Waals surface area contributed by atoms with Crippen molar-refractivity contribution >= 4 is 15.6 Å². The molecule has 134 valence electrons. The molecule has 1 aromatic carbocycles. The van der Waals surface area contributed by atoms with Gasteiger partial charge in [-0.3, -0.25) is 9.69 Å². The zero-order valence-corrected chi connectivity index (χ0v) is 14.7. The first-order valence-electron chi connectivity index (χ1n) is 7.70. The predicted molar refractivity (Wildman–Crippen MR) is 89.6 cm³/mol. The van der Waals surface area contributed by atoms with Crippen molar-refractivity contribution in [3.8, 4) is 11.5 Å². The zero-order valence-electron chi connectivity index (χ0n) is 13.9. The molecular weight excluding hydrogens is 334 g/mol. The number of carbonyl (C=O) groups is 1. The molecule has 24 heavy (non-hydrogen) atoms. The molecule has 1 fully saturated rings. The summed E-state index contributed by atoms with van der Waals surface area (Å²) in [4.78, 5) is 14.3. The van der Waals surface area contributed by atoms with Gasteiger partial charge >= 0.3 is 0 Å². The number of nitrogens with zero attached hydrogens (tertiary/aromatic N) is 1. The maximum Gasteiger partial charge on any atom is 0.176 e. The van der Waals surface area contributed by atoms with Gasteiger partial charge in [0.25, 0.3) is 0 Å². The molecule has 2 rings (SSSR count). The number of aliphatic hydroxyl groups excluding tert-OH is 1. The molecule has 1 atom stereocenters. The summed E-state index contributed by atoms with van der Waals surface area (Å²) in [5.74, 6) is 0.994. The summed E-state index contributed by atoms with van der Waals surface area (Å²) < 4.78 is 33.7. The highest BCUT2D eigenvalue weighted by Gasteiger charge is 2.33. The highest BCUT2D eigenvalue weighted by Crippen LogP contribution is 2.28. The van der Waals surface area contributed by atoms with Crippen LogP contribution in [0.5, 0.6) is 11.5 Å². The SMILES string of the molecule is COc1ccc(C(=O)CN(CCO)[C@@H]2CCS(=O)(=O)C2)cc1OC. The summed E-state index contributed by atoms with van der Waals surface area (Å²) in [5.41, 5.74) is 0.455. The van der Waals surface area contributed by atoms with Gasteiger partial charge in [0, 0.05) is 18.2 Å². The quantitative estimate of drug-likeness (QED) is 0.672. The molecule has 1 aliphatic heterocycles. The van der Waals surface area contributed by atoms with Crippen molar-refractivity contribution in [2.24, 2.45) is 0 Å². The number of sulfone groups is 1. The lowest BCUT2D eigenvalue weighted by atomic mass is 10.1. The molecule has 0 spiro atoms. The smallest absolute Gasteiger partial charge is 0.176 e. The Bertz CT molecular complexity index is 688. The van der Waals surface area contributed by atoms with Crippen LogP contribution in [-0.4, -0.2) is 75.7 Å². The van der Waals surface area contributed by atoms with Crippen LogP contribution in [0.15, 0.2) is 18.2 Å². The van der Waals surface area contributed by atoms with Crippen LogP contribution in [0.25, 0.3) is 0 Å². The van der Waals surface area contributed by atoms with E-state index in [0.717, 1.165) is 0 Å². The minimum absolute atomic E-state index is 0.0339. The van der Waals surface area contributed by atoms with Crippen molar-refractivity contribution in [2.75, 3.05) is 45.4 Å². The minimum Gasteiger partial charge on any atom is -0.493 e. The van der Waals surface area contributed by atoms with Gasteiger partial charge in [-0.15, -0.1) is 0 Å². The number of ketones is 1. The number of aliphatic hydroxyl groups is 1. The van der Waals surface area contributed by atoms with Gasteiger partial charge in [0.2, 0.25) is 0 Å². The Kier molecular flexibility index (Phi) is 6.20. The summed E-state index contributed by atoms with van der Waals surface area (Å²) in [6.45, 7) is 0.186. The van der Waals surface area contributed by atoms with Crippen LogP contribution < -0.4 is 9.47 Å². The van der Waals surface area contributed by atoms with Crippen LogP contribution >= 0.6 is 0 Å². The third kappa shape index (κ3) is 4.46. The Hall–Kier alpha value is -1.64. The summed E-state index contributed by atoms with van der Waals surface area (Å²) >= 11 is 0. The second-order valence-electron chi connectivity index (χ2n) is 5.74. The second kappa shape index (κ2) is 7.96. The number of benzene rings is 1. The lowest BCUT2D eigenvalue weighted by Gasteiger charge is -2.26. The first-order chi connectivity index (χ1) is 11.4. The van der Waals surface area contributed by atoms with Crippen molar-refractivity contribution in [1.82, 2.24) is 4.90 Å². The zero-order chi connectivity index (χ0) is 17.7. The number of hydrogen-bond donors (Lipinski definition) is 1. The van der Waals surface area contributed by atoms with E-state index in [1.165, 1.54) is 14.2 Å². The fraction of sp³-hybridized carbons (Fsp3) is 0.562. The summed E-state index contributed by atoms with van der Waals surface area (Å²) in [6.07, 6.45) is 0.488. The molecule has 1 heterocycles. The molecule has 0 bridgehead atoms. The molecule has 0 radical (unpaired) electrons. The third-order valence-corrected chi connectivity index (χ3v) is 5.91. The first kappa shape index (κ1) is 18.7. The number of rotatable bonds is 8. The van der Waals surface area contributed by atoms with E-state index in [9.17, 15) is 18.3 Å². The van der Waals surface area contributed by atoms with Crippen LogP contribution in [0.2, 0.25) is 0 Å². The number of hydrogen-bond acceptors (Lipinski definition) is 7. The number of ether oxygens (including phenoxy) is 2. The van der Waals surface area contributed by atoms with E-state index in [0.29, 0.717) is 23.5 Å².